The lowest BCUT2D eigenvalue weighted by molar-refractivity contribution is 0.0995. The maximum Gasteiger partial charge on any atom is 0.291 e. The van der Waals surface area contributed by atoms with Crippen LogP contribution in [0.1, 0.15) is 21.7 Å². The molecule has 2 aromatic carbocycles. The molecular weight excluding hydrogens is 396 g/mol. The van der Waals surface area contributed by atoms with Crippen LogP contribution in [0, 0.1) is 13.8 Å². The Labute approximate surface area is 158 Å². The molecule has 4 aromatic rings. The highest BCUT2D eigenvalue weighted by atomic mass is 79.9. The Kier molecular flexibility index (Phi) is 4.12. The lowest BCUT2D eigenvalue weighted by Crippen LogP contribution is -2.11. The second-order valence-corrected chi connectivity index (χ2v) is 6.86. The molecule has 0 spiro atoms. The van der Waals surface area contributed by atoms with Gasteiger partial charge in [0.15, 0.2) is 16.0 Å². The van der Waals surface area contributed by atoms with Crippen LogP contribution in [-0.4, -0.2) is 10.9 Å². The van der Waals surface area contributed by atoms with E-state index in [1.54, 1.807) is 12.1 Å². The molecule has 0 unspecified atom stereocenters. The number of nitrogens with one attached hydrogen (secondary N) is 1. The van der Waals surface area contributed by atoms with E-state index < -0.39 is 0 Å². The summed E-state index contributed by atoms with van der Waals surface area (Å²) in [6.45, 7) is 3.93. The van der Waals surface area contributed by atoms with Gasteiger partial charge in [-0.05, 0) is 77.3 Å². The van der Waals surface area contributed by atoms with Crippen LogP contribution in [-0.2, 0) is 0 Å². The Morgan fingerprint density at radius 1 is 1.04 bits per heavy atom. The van der Waals surface area contributed by atoms with Crippen molar-refractivity contribution < 1.29 is 13.6 Å². The number of carbonyl (C=O) groups excluding carboxylic acids is 1. The van der Waals surface area contributed by atoms with Gasteiger partial charge in [-0.2, -0.15) is 0 Å². The Bertz CT molecular complexity index is 1130. The molecule has 130 valence electrons. The topological polar surface area (TPSA) is 68.3 Å². The largest absolute Gasteiger partial charge is 0.444 e. The molecule has 0 bridgehead atoms. The van der Waals surface area contributed by atoms with E-state index in [1.165, 1.54) is 0 Å². The fourth-order valence-corrected chi connectivity index (χ4v) is 2.97. The van der Waals surface area contributed by atoms with Gasteiger partial charge in [0.2, 0.25) is 5.89 Å². The predicted octanol–water partition coefficient (Wildman–Crippen LogP) is 5.72. The average Bonchev–Trinajstić information content (AvgIpc) is 3.22. The molecular formula is C20H15BrN2O3. The first kappa shape index (κ1) is 16.6. The van der Waals surface area contributed by atoms with Gasteiger partial charge in [0.1, 0.15) is 5.52 Å². The molecule has 0 aliphatic rings. The van der Waals surface area contributed by atoms with E-state index in [9.17, 15) is 4.79 Å². The van der Waals surface area contributed by atoms with Gasteiger partial charge in [-0.25, -0.2) is 4.98 Å². The van der Waals surface area contributed by atoms with Gasteiger partial charge in [-0.15, -0.1) is 0 Å². The number of benzene rings is 2. The fraction of sp³-hybridized carbons (Fsp3) is 0.100. The molecule has 4 rings (SSSR count). The summed E-state index contributed by atoms with van der Waals surface area (Å²) in [5.74, 6) is 0.435. The molecule has 1 amide bonds. The molecule has 2 aromatic heterocycles. The summed E-state index contributed by atoms with van der Waals surface area (Å²) < 4.78 is 11.7. The van der Waals surface area contributed by atoms with Crippen LogP contribution in [0.2, 0.25) is 0 Å². The summed E-state index contributed by atoms with van der Waals surface area (Å²) in [4.78, 5) is 16.9. The number of anilines is 1. The van der Waals surface area contributed by atoms with Crippen molar-refractivity contribution in [3.05, 3.63) is 70.1 Å². The summed E-state index contributed by atoms with van der Waals surface area (Å²) in [5, 5.41) is 2.87. The minimum Gasteiger partial charge on any atom is -0.444 e. The molecule has 1 N–H and O–H groups in total. The number of rotatable bonds is 3. The summed E-state index contributed by atoms with van der Waals surface area (Å²) in [6.07, 6.45) is 0. The smallest absolute Gasteiger partial charge is 0.291 e. The summed E-state index contributed by atoms with van der Waals surface area (Å²) in [6, 6.07) is 14.9. The van der Waals surface area contributed by atoms with Gasteiger partial charge in [0.05, 0.1) is 0 Å². The number of hydrogen-bond acceptors (Lipinski definition) is 4. The quantitative estimate of drug-likeness (QED) is 0.468. The number of amides is 1. The van der Waals surface area contributed by atoms with E-state index >= 15 is 0 Å². The van der Waals surface area contributed by atoms with E-state index in [-0.39, 0.29) is 11.7 Å². The number of furan rings is 1. The SMILES string of the molecule is Cc1ccc2nc(-c3ccc(C)c(NC(=O)c4ccc(Br)o4)c3)oc2c1. The average molecular weight is 411 g/mol. The molecule has 5 nitrogen and oxygen atoms in total. The number of fused-ring (bicyclic) bond motifs is 1. The van der Waals surface area contributed by atoms with Crippen LogP contribution in [0.4, 0.5) is 5.69 Å². The van der Waals surface area contributed by atoms with E-state index in [0.717, 1.165) is 27.8 Å². The van der Waals surface area contributed by atoms with Gasteiger partial charge in [0, 0.05) is 11.3 Å². The van der Waals surface area contributed by atoms with E-state index in [2.05, 4.69) is 26.2 Å². The first-order valence-corrected chi connectivity index (χ1v) is 8.84. The number of nitrogens with zero attached hydrogens (tertiary/aromatic N) is 1. The number of hydrogen-bond donors (Lipinski definition) is 1. The molecule has 0 aliphatic heterocycles. The molecule has 0 radical (unpaired) electrons. The Morgan fingerprint density at radius 2 is 1.88 bits per heavy atom. The Hall–Kier alpha value is -2.86. The van der Waals surface area contributed by atoms with E-state index in [4.69, 9.17) is 8.83 Å². The van der Waals surface area contributed by atoms with Crippen LogP contribution in [0.15, 0.2) is 62.0 Å². The first-order chi connectivity index (χ1) is 12.5. The lowest BCUT2D eigenvalue weighted by Gasteiger charge is -2.08. The third kappa shape index (κ3) is 3.15. The highest BCUT2D eigenvalue weighted by molar-refractivity contribution is 9.10. The van der Waals surface area contributed by atoms with Crippen LogP contribution in [0.25, 0.3) is 22.6 Å². The Morgan fingerprint density at radius 3 is 2.65 bits per heavy atom. The van der Waals surface area contributed by atoms with Gasteiger partial charge in [-0.3, -0.25) is 4.79 Å². The van der Waals surface area contributed by atoms with Crippen LogP contribution < -0.4 is 5.32 Å². The van der Waals surface area contributed by atoms with Crippen molar-refractivity contribution in [2.45, 2.75) is 13.8 Å². The fourth-order valence-electron chi connectivity index (χ4n) is 2.67. The van der Waals surface area contributed by atoms with Crippen molar-refractivity contribution in [3.8, 4) is 11.5 Å². The van der Waals surface area contributed by atoms with Crippen molar-refractivity contribution >= 4 is 38.6 Å². The second-order valence-electron chi connectivity index (χ2n) is 6.08. The van der Waals surface area contributed by atoms with Gasteiger partial charge >= 0.3 is 0 Å². The second kappa shape index (κ2) is 6.46. The Balaban J connectivity index is 1.67. The zero-order chi connectivity index (χ0) is 18.3. The molecule has 0 saturated carbocycles. The maximum absolute atomic E-state index is 12.3. The number of halogens is 1. The molecule has 6 heteroatoms. The maximum atomic E-state index is 12.3. The zero-order valence-electron chi connectivity index (χ0n) is 14.2. The van der Waals surface area contributed by atoms with E-state index in [0.29, 0.717) is 16.2 Å². The predicted molar refractivity (Wildman–Crippen MR) is 103 cm³/mol. The first-order valence-electron chi connectivity index (χ1n) is 8.04. The van der Waals surface area contributed by atoms with Crippen molar-refractivity contribution in [3.63, 3.8) is 0 Å². The standard InChI is InChI=1S/C20H15BrN2O3/c1-11-3-6-14-17(9-11)26-20(23-14)13-5-4-12(2)15(10-13)22-19(24)16-7-8-18(21)25-16/h3-10H,1-2H3,(H,22,24). The number of aromatic nitrogens is 1. The van der Waals surface area contributed by atoms with Crippen molar-refractivity contribution in [1.29, 1.82) is 0 Å². The number of oxazole rings is 1. The highest BCUT2D eigenvalue weighted by Gasteiger charge is 2.14. The number of aryl methyl sites for hydroxylation is 2. The van der Waals surface area contributed by atoms with Gasteiger partial charge in [-0.1, -0.05) is 12.1 Å². The third-order valence-corrected chi connectivity index (χ3v) is 4.50. The molecule has 0 fully saturated rings. The van der Waals surface area contributed by atoms with Crippen molar-refractivity contribution in [1.82, 2.24) is 4.98 Å². The monoisotopic (exact) mass is 410 g/mol. The highest BCUT2D eigenvalue weighted by Crippen LogP contribution is 2.29. The van der Waals surface area contributed by atoms with Crippen molar-refractivity contribution in [2.24, 2.45) is 0 Å². The molecule has 0 saturated heterocycles. The van der Waals surface area contributed by atoms with Gasteiger partial charge in [0.25, 0.3) is 5.91 Å². The minimum absolute atomic E-state index is 0.235. The molecule has 2 heterocycles. The van der Waals surface area contributed by atoms with Crippen LogP contribution in [0.5, 0.6) is 0 Å². The number of carbonyl (C=O) groups is 1. The summed E-state index contributed by atoms with van der Waals surface area (Å²) >= 11 is 3.20. The van der Waals surface area contributed by atoms with Crippen LogP contribution >= 0.6 is 15.9 Å². The third-order valence-electron chi connectivity index (χ3n) is 4.07. The molecule has 26 heavy (non-hydrogen) atoms. The van der Waals surface area contributed by atoms with Gasteiger partial charge < -0.3 is 14.2 Å². The molecule has 0 atom stereocenters. The molecule has 0 aliphatic carbocycles. The van der Waals surface area contributed by atoms with E-state index in [1.807, 2.05) is 50.2 Å². The summed E-state index contributed by atoms with van der Waals surface area (Å²) in [7, 11) is 0. The summed E-state index contributed by atoms with van der Waals surface area (Å²) in [5.41, 5.74) is 5.06. The van der Waals surface area contributed by atoms with Crippen molar-refractivity contribution in [2.75, 3.05) is 5.32 Å². The minimum atomic E-state index is -0.316. The lowest BCUT2D eigenvalue weighted by atomic mass is 10.1. The van der Waals surface area contributed by atoms with Crippen LogP contribution in [0.3, 0.4) is 0 Å². The normalized spacial score (nSPS) is 11.0. The zero-order valence-corrected chi connectivity index (χ0v) is 15.8.